The van der Waals surface area contributed by atoms with Crippen molar-refractivity contribution < 1.29 is 19.2 Å². The first-order chi connectivity index (χ1) is 18.4. The maximum Gasteiger partial charge on any atom is 0.238 e. The van der Waals surface area contributed by atoms with Crippen LogP contribution in [0.25, 0.3) is 0 Å². The van der Waals surface area contributed by atoms with Crippen LogP contribution in [0.4, 0.5) is 11.4 Å². The molecule has 8 atom stereocenters. The maximum absolute atomic E-state index is 13.6. The lowest BCUT2D eigenvalue weighted by molar-refractivity contribution is -0.125. The first kappa shape index (κ1) is 23.6. The van der Waals surface area contributed by atoms with Gasteiger partial charge >= 0.3 is 0 Å². The third kappa shape index (κ3) is 2.83. The maximum atomic E-state index is 13.6. The molecule has 1 aromatic carbocycles. The number of nitrogens with zero attached hydrogens (tertiary/aromatic N) is 2. The molecule has 4 fully saturated rings. The molecular weight excluding hydrogens is 476 g/mol. The molecule has 6 aliphatic rings. The molecule has 1 aromatic rings. The highest BCUT2D eigenvalue weighted by atomic mass is 16.2. The number of anilines is 2. The van der Waals surface area contributed by atoms with Crippen molar-refractivity contribution in [1.82, 2.24) is 0 Å². The van der Waals surface area contributed by atoms with E-state index in [4.69, 9.17) is 0 Å². The average Bonchev–Trinajstić information content (AvgIpc) is 3.74. The SMILES string of the molecule is C=CCCC12C=CC(C1)C1C(=O)N(c3ccc(N4C(=O)C5C6C=CC(CCC=C)(C6)C5C4=O)cc3)C(=O)C12. The van der Waals surface area contributed by atoms with Crippen LogP contribution in [0.5, 0.6) is 0 Å². The Kier molecular flexibility index (Phi) is 4.95. The molecule has 4 amide bonds. The summed E-state index contributed by atoms with van der Waals surface area (Å²) in [6, 6.07) is 6.81. The predicted molar refractivity (Wildman–Crippen MR) is 144 cm³/mol. The fourth-order valence-corrected chi connectivity index (χ4v) is 8.87. The molecule has 7 rings (SSSR count). The van der Waals surface area contributed by atoms with E-state index in [0.29, 0.717) is 11.4 Å². The smallest absolute Gasteiger partial charge is 0.238 e. The summed E-state index contributed by atoms with van der Waals surface area (Å²) in [6.07, 6.45) is 17.3. The molecule has 4 bridgehead atoms. The highest BCUT2D eigenvalue weighted by Gasteiger charge is 2.67. The molecule has 4 aliphatic carbocycles. The molecule has 2 aliphatic heterocycles. The van der Waals surface area contributed by atoms with Gasteiger partial charge in [-0.1, -0.05) is 36.5 Å². The number of fused-ring (bicyclic) bond motifs is 10. The Balaban J connectivity index is 1.15. The lowest BCUT2D eigenvalue weighted by Gasteiger charge is -2.30. The van der Waals surface area contributed by atoms with Gasteiger partial charge in [0.25, 0.3) is 0 Å². The Morgan fingerprint density at radius 1 is 0.684 bits per heavy atom. The summed E-state index contributed by atoms with van der Waals surface area (Å²) >= 11 is 0. The lowest BCUT2D eigenvalue weighted by atomic mass is 9.72. The molecule has 2 saturated heterocycles. The molecule has 0 radical (unpaired) electrons. The van der Waals surface area contributed by atoms with Gasteiger partial charge < -0.3 is 0 Å². The highest BCUT2D eigenvalue weighted by molar-refractivity contribution is 6.24. The summed E-state index contributed by atoms with van der Waals surface area (Å²) in [6.45, 7) is 7.67. The quantitative estimate of drug-likeness (QED) is 0.367. The molecule has 2 heterocycles. The van der Waals surface area contributed by atoms with Crippen LogP contribution in [-0.4, -0.2) is 23.6 Å². The zero-order valence-electron chi connectivity index (χ0n) is 21.4. The van der Waals surface area contributed by atoms with Crippen molar-refractivity contribution in [2.24, 2.45) is 46.3 Å². The second kappa shape index (κ2) is 7.98. The number of benzene rings is 1. The molecule has 194 valence electrons. The van der Waals surface area contributed by atoms with Crippen LogP contribution in [0.15, 0.2) is 73.9 Å². The van der Waals surface area contributed by atoms with Crippen LogP contribution < -0.4 is 9.80 Å². The van der Waals surface area contributed by atoms with Gasteiger partial charge in [-0.05, 0) is 74.6 Å². The summed E-state index contributed by atoms with van der Waals surface area (Å²) in [7, 11) is 0. The van der Waals surface area contributed by atoms with Crippen molar-refractivity contribution in [1.29, 1.82) is 0 Å². The number of allylic oxidation sites excluding steroid dienone is 6. The Hall–Kier alpha value is -3.54. The van der Waals surface area contributed by atoms with E-state index in [1.165, 1.54) is 9.80 Å². The van der Waals surface area contributed by atoms with Crippen molar-refractivity contribution in [3.05, 3.63) is 73.9 Å². The van der Waals surface area contributed by atoms with Crippen molar-refractivity contribution in [3.8, 4) is 0 Å². The Morgan fingerprint density at radius 3 is 1.45 bits per heavy atom. The number of carbonyl (C=O) groups excluding carboxylic acids is 4. The molecule has 6 heteroatoms. The zero-order chi connectivity index (χ0) is 26.4. The van der Waals surface area contributed by atoms with Crippen molar-refractivity contribution in [3.63, 3.8) is 0 Å². The third-order valence-electron chi connectivity index (χ3n) is 10.4. The van der Waals surface area contributed by atoms with E-state index in [0.717, 1.165) is 38.5 Å². The van der Waals surface area contributed by atoms with E-state index < -0.39 is 0 Å². The van der Waals surface area contributed by atoms with Gasteiger partial charge in [-0.25, -0.2) is 0 Å². The highest BCUT2D eigenvalue weighted by Crippen LogP contribution is 2.63. The Morgan fingerprint density at radius 2 is 1.08 bits per heavy atom. The van der Waals surface area contributed by atoms with E-state index in [1.54, 1.807) is 24.3 Å². The molecule has 8 unspecified atom stereocenters. The Labute approximate surface area is 222 Å². The minimum atomic E-state index is -0.333. The van der Waals surface area contributed by atoms with Gasteiger partial charge in [0.05, 0.1) is 35.0 Å². The van der Waals surface area contributed by atoms with Gasteiger partial charge in [-0.15, -0.1) is 13.2 Å². The van der Waals surface area contributed by atoms with E-state index >= 15 is 0 Å². The fourth-order valence-electron chi connectivity index (χ4n) is 8.87. The van der Waals surface area contributed by atoms with Gasteiger partial charge in [-0.3, -0.25) is 29.0 Å². The number of hydrogen-bond donors (Lipinski definition) is 0. The molecule has 38 heavy (non-hydrogen) atoms. The van der Waals surface area contributed by atoms with E-state index in [1.807, 2.05) is 12.2 Å². The minimum Gasteiger partial charge on any atom is -0.274 e. The average molecular weight is 509 g/mol. The van der Waals surface area contributed by atoms with Crippen LogP contribution in [0, 0.1) is 46.3 Å². The number of carbonyl (C=O) groups is 4. The third-order valence-corrected chi connectivity index (χ3v) is 10.4. The summed E-state index contributed by atoms with van der Waals surface area (Å²) in [5, 5.41) is 0. The first-order valence-corrected chi connectivity index (χ1v) is 13.8. The second-order valence-electron chi connectivity index (χ2n) is 12.1. The Bertz CT molecular complexity index is 1250. The fraction of sp³-hybridized carbons (Fsp3) is 0.438. The van der Waals surface area contributed by atoms with Crippen LogP contribution in [0.3, 0.4) is 0 Å². The summed E-state index contributed by atoms with van der Waals surface area (Å²) in [4.78, 5) is 57.0. The summed E-state index contributed by atoms with van der Waals surface area (Å²) in [5.41, 5.74) is 0.456. The van der Waals surface area contributed by atoms with Crippen LogP contribution >= 0.6 is 0 Å². The van der Waals surface area contributed by atoms with Crippen molar-refractivity contribution in [2.45, 2.75) is 38.5 Å². The van der Waals surface area contributed by atoms with Crippen molar-refractivity contribution >= 4 is 35.0 Å². The molecule has 0 aromatic heterocycles. The van der Waals surface area contributed by atoms with Gasteiger partial charge in [-0.2, -0.15) is 0 Å². The topological polar surface area (TPSA) is 74.8 Å². The van der Waals surface area contributed by atoms with Gasteiger partial charge in [0.15, 0.2) is 0 Å². The largest absolute Gasteiger partial charge is 0.274 e. The van der Waals surface area contributed by atoms with Gasteiger partial charge in [0.1, 0.15) is 0 Å². The predicted octanol–water partition coefficient (Wildman–Crippen LogP) is 4.98. The van der Waals surface area contributed by atoms with Crippen LogP contribution in [0.2, 0.25) is 0 Å². The zero-order valence-corrected chi connectivity index (χ0v) is 21.4. The number of rotatable bonds is 8. The number of imide groups is 2. The minimum absolute atomic E-state index is 0.0992. The molecule has 2 saturated carbocycles. The van der Waals surface area contributed by atoms with E-state index in [9.17, 15) is 19.2 Å². The lowest BCUT2D eigenvalue weighted by Crippen LogP contribution is -2.36. The second-order valence-corrected chi connectivity index (χ2v) is 12.1. The van der Waals surface area contributed by atoms with Crippen molar-refractivity contribution in [2.75, 3.05) is 9.80 Å². The monoisotopic (exact) mass is 508 g/mol. The van der Waals surface area contributed by atoms with Gasteiger partial charge in [0.2, 0.25) is 23.6 Å². The first-order valence-electron chi connectivity index (χ1n) is 13.8. The molecular formula is C32H32N2O4. The molecule has 0 spiro atoms. The molecule has 0 N–H and O–H groups in total. The molecule has 6 nitrogen and oxygen atoms in total. The van der Waals surface area contributed by atoms with E-state index in [2.05, 4.69) is 37.5 Å². The number of amides is 4. The summed E-state index contributed by atoms with van der Waals surface area (Å²) in [5.74, 6) is -1.66. The van der Waals surface area contributed by atoms with Gasteiger partial charge in [0, 0.05) is 10.8 Å². The normalized spacial score (nSPS) is 39.6. The number of hydrogen-bond acceptors (Lipinski definition) is 4. The summed E-state index contributed by atoms with van der Waals surface area (Å²) < 4.78 is 0. The van der Waals surface area contributed by atoms with Crippen LogP contribution in [0.1, 0.15) is 38.5 Å². The van der Waals surface area contributed by atoms with E-state index in [-0.39, 0.29) is 70.0 Å². The standard InChI is InChI=1S/C32H32N2O4/c1-3-5-13-31-15-11-19(17-31)23-25(31)29(37)33(27(23)35)21-7-9-22(10-8-21)34-28(36)24-20-12-16-32(18-20,14-6-4-2)26(24)30(34)38/h3-4,7-12,15-16,19-20,23-26H,1-2,5-6,13-14,17-18H2. The van der Waals surface area contributed by atoms with Crippen LogP contribution in [-0.2, 0) is 19.2 Å².